The molecule has 1 aromatic carbocycles. The van der Waals surface area contributed by atoms with Gasteiger partial charge in [0.1, 0.15) is 0 Å². The fourth-order valence-electron chi connectivity index (χ4n) is 1.78. The van der Waals surface area contributed by atoms with Gasteiger partial charge in [-0.15, -0.1) is 0 Å². The number of nitrogens with two attached hydrogens (primary N) is 1. The highest BCUT2D eigenvalue weighted by Crippen LogP contribution is 2.18. The summed E-state index contributed by atoms with van der Waals surface area (Å²) in [5.41, 5.74) is 5.87. The molecule has 0 aliphatic heterocycles. The van der Waals surface area contributed by atoms with Gasteiger partial charge in [-0.2, -0.15) is 0 Å². The molecule has 4 N–H and O–H groups in total. The number of rotatable bonds is 6. The van der Waals surface area contributed by atoms with E-state index in [9.17, 15) is 13.2 Å². The van der Waals surface area contributed by atoms with Crippen molar-refractivity contribution >= 4 is 27.3 Å². The summed E-state index contributed by atoms with van der Waals surface area (Å²) in [6, 6.07) is 6.47. The van der Waals surface area contributed by atoms with Crippen LogP contribution < -0.4 is 15.8 Å². The predicted molar refractivity (Wildman–Crippen MR) is 81.0 cm³/mol. The lowest BCUT2D eigenvalue weighted by Gasteiger charge is -2.23. The monoisotopic (exact) mass is 299 g/mol. The summed E-state index contributed by atoms with van der Waals surface area (Å²) in [7, 11) is -3.35. The lowest BCUT2D eigenvalue weighted by Crippen LogP contribution is -2.48. The first kappa shape index (κ1) is 16.5. The number of carbonyl (C=O) groups is 1. The van der Waals surface area contributed by atoms with E-state index in [-0.39, 0.29) is 5.91 Å². The topological polar surface area (TPSA) is 101 Å². The first-order chi connectivity index (χ1) is 9.14. The fraction of sp³-hybridized carbons (Fsp3) is 0.462. The smallest absolute Gasteiger partial charge is 0.244 e. The van der Waals surface area contributed by atoms with Crippen molar-refractivity contribution in [2.45, 2.75) is 32.2 Å². The van der Waals surface area contributed by atoms with Gasteiger partial charge in [-0.25, -0.2) is 8.42 Å². The van der Waals surface area contributed by atoms with E-state index in [0.717, 1.165) is 12.7 Å². The third-order valence-corrected chi connectivity index (χ3v) is 3.32. The second-order valence-electron chi connectivity index (χ2n) is 5.08. The molecule has 112 valence electrons. The predicted octanol–water partition coefficient (Wildman–Crippen LogP) is 1.51. The van der Waals surface area contributed by atoms with E-state index in [1.54, 1.807) is 31.2 Å². The number of anilines is 2. The van der Waals surface area contributed by atoms with Gasteiger partial charge in [-0.1, -0.05) is 19.4 Å². The Labute approximate surface area is 119 Å². The zero-order chi connectivity index (χ0) is 15.4. The lowest BCUT2D eigenvalue weighted by atomic mass is 9.96. The maximum Gasteiger partial charge on any atom is 0.244 e. The summed E-state index contributed by atoms with van der Waals surface area (Å²) in [6.45, 7) is 3.62. The van der Waals surface area contributed by atoms with Gasteiger partial charge in [0.15, 0.2) is 0 Å². The molecule has 20 heavy (non-hydrogen) atoms. The minimum atomic E-state index is -3.35. The van der Waals surface area contributed by atoms with Crippen molar-refractivity contribution < 1.29 is 13.2 Å². The molecule has 0 heterocycles. The number of hydrogen-bond donors (Lipinski definition) is 3. The van der Waals surface area contributed by atoms with Gasteiger partial charge in [0.25, 0.3) is 0 Å². The molecule has 1 atom stereocenters. The van der Waals surface area contributed by atoms with Crippen LogP contribution in [0.25, 0.3) is 0 Å². The van der Waals surface area contributed by atoms with E-state index < -0.39 is 15.6 Å². The minimum absolute atomic E-state index is 0.296. The zero-order valence-electron chi connectivity index (χ0n) is 11.9. The molecule has 0 aliphatic carbocycles. The Morgan fingerprint density at radius 3 is 2.50 bits per heavy atom. The first-order valence-corrected chi connectivity index (χ1v) is 8.21. The van der Waals surface area contributed by atoms with Gasteiger partial charge in [0.2, 0.25) is 15.9 Å². The quantitative estimate of drug-likeness (QED) is 0.741. The molecule has 0 spiro atoms. The van der Waals surface area contributed by atoms with Crippen molar-refractivity contribution in [3.8, 4) is 0 Å². The van der Waals surface area contributed by atoms with Crippen LogP contribution in [0.5, 0.6) is 0 Å². The number of nitrogens with one attached hydrogen (secondary N) is 2. The minimum Gasteiger partial charge on any atom is -0.324 e. The van der Waals surface area contributed by atoms with Crippen molar-refractivity contribution in [1.82, 2.24) is 0 Å². The Morgan fingerprint density at radius 2 is 1.95 bits per heavy atom. The van der Waals surface area contributed by atoms with E-state index in [0.29, 0.717) is 17.8 Å². The van der Waals surface area contributed by atoms with Crippen LogP contribution in [0.3, 0.4) is 0 Å². The molecule has 0 saturated carbocycles. The van der Waals surface area contributed by atoms with Crippen LogP contribution in [0.15, 0.2) is 24.3 Å². The van der Waals surface area contributed by atoms with Crippen molar-refractivity contribution in [2.75, 3.05) is 16.3 Å². The highest BCUT2D eigenvalue weighted by molar-refractivity contribution is 7.92. The van der Waals surface area contributed by atoms with E-state index in [4.69, 9.17) is 5.73 Å². The largest absolute Gasteiger partial charge is 0.324 e. The Hall–Kier alpha value is -1.60. The third kappa shape index (κ3) is 5.18. The third-order valence-electron chi connectivity index (χ3n) is 2.71. The van der Waals surface area contributed by atoms with Gasteiger partial charge < -0.3 is 11.1 Å². The second kappa shape index (κ2) is 6.23. The van der Waals surface area contributed by atoms with Crippen LogP contribution in [-0.4, -0.2) is 26.1 Å². The first-order valence-electron chi connectivity index (χ1n) is 6.32. The average molecular weight is 299 g/mol. The number of benzene rings is 1. The Bertz CT molecular complexity index is 582. The lowest BCUT2D eigenvalue weighted by molar-refractivity contribution is -0.120. The Morgan fingerprint density at radius 1 is 1.35 bits per heavy atom. The molecule has 0 aliphatic rings. The second-order valence-corrected chi connectivity index (χ2v) is 6.83. The van der Waals surface area contributed by atoms with Crippen LogP contribution >= 0.6 is 0 Å². The molecule has 7 heteroatoms. The molecule has 1 unspecified atom stereocenters. The van der Waals surface area contributed by atoms with Gasteiger partial charge in [0, 0.05) is 5.69 Å². The van der Waals surface area contributed by atoms with Crippen molar-refractivity contribution in [3.63, 3.8) is 0 Å². The van der Waals surface area contributed by atoms with E-state index in [1.807, 2.05) is 6.92 Å². The molecular weight excluding hydrogens is 278 g/mol. The number of hydrogen-bond acceptors (Lipinski definition) is 4. The number of sulfonamides is 1. The van der Waals surface area contributed by atoms with E-state index in [1.165, 1.54) is 0 Å². The van der Waals surface area contributed by atoms with Gasteiger partial charge in [-0.3, -0.25) is 9.52 Å². The van der Waals surface area contributed by atoms with Crippen LogP contribution in [0, 0.1) is 0 Å². The molecular formula is C13H21N3O3S. The summed E-state index contributed by atoms with van der Waals surface area (Å²) < 4.78 is 24.7. The summed E-state index contributed by atoms with van der Waals surface area (Å²) >= 11 is 0. The van der Waals surface area contributed by atoms with E-state index in [2.05, 4.69) is 10.0 Å². The molecule has 6 nitrogen and oxygen atoms in total. The maximum atomic E-state index is 12.0. The van der Waals surface area contributed by atoms with Gasteiger partial charge in [-0.05, 0) is 31.5 Å². The maximum absolute atomic E-state index is 12.0. The number of carbonyl (C=O) groups excluding carboxylic acids is 1. The molecule has 0 fully saturated rings. The van der Waals surface area contributed by atoms with Crippen molar-refractivity contribution in [2.24, 2.45) is 5.73 Å². The summed E-state index contributed by atoms with van der Waals surface area (Å²) in [6.07, 6.45) is 2.44. The average Bonchev–Trinajstić information content (AvgIpc) is 2.26. The highest BCUT2D eigenvalue weighted by atomic mass is 32.2. The summed E-state index contributed by atoms with van der Waals surface area (Å²) in [5, 5.41) is 2.69. The van der Waals surface area contributed by atoms with E-state index >= 15 is 0 Å². The molecule has 1 amide bonds. The molecule has 1 aromatic rings. The molecule has 0 radical (unpaired) electrons. The highest BCUT2D eigenvalue weighted by Gasteiger charge is 2.27. The summed E-state index contributed by atoms with van der Waals surface area (Å²) in [5.74, 6) is -0.296. The van der Waals surface area contributed by atoms with Crippen molar-refractivity contribution in [1.29, 1.82) is 0 Å². The molecule has 0 aromatic heterocycles. The van der Waals surface area contributed by atoms with Gasteiger partial charge in [0.05, 0.1) is 17.5 Å². The zero-order valence-corrected chi connectivity index (χ0v) is 12.8. The van der Waals surface area contributed by atoms with Gasteiger partial charge >= 0.3 is 0 Å². The molecule has 0 saturated heterocycles. The SMILES string of the molecule is CCCC(C)(N)C(=O)Nc1cccc(NS(C)(=O)=O)c1. The standard InChI is InChI=1S/C13H21N3O3S/c1-4-8-13(2,14)12(17)15-10-6-5-7-11(9-10)16-20(3,18)19/h5-7,9,16H,4,8,14H2,1-3H3,(H,15,17). The Balaban J connectivity index is 2.84. The van der Waals surface area contributed by atoms with Crippen LogP contribution in [0.4, 0.5) is 11.4 Å². The normalized spacial score (nSPS) is 14.4. The van der Waals surface area contributed by atoms with Crippen LogP contribution in [0.1, 0.15) is 26.7 Å². The molecule has 0 bridgehead atoms. The Kier molecular flexibility index (Phi) is 5.13. The fourth-order valence-corrected chi connectivity index (χ4v) is 2.34. The summed E-state index contributed by atoms with van der Waals surface area (Å²) in [4.78, 5) is 12.0. The van der Waals surface area contributed by atoms with Crippen LogP contribution in [0.2, 0.25) is 0 Å². The number of amides is 1. The van der Waals surface area contributed by atoms with Crippen LogP contribution in [-0.2, 0) is 14.8 Å². The molecule has 1 rings (SSSR count). The van der Waals surface area contributed by atoms with Crippen molar-refractivity contribution in [3.05, 3.63) is 24.3 Å².